The van der Waals surface area contributed by atoms with Gasteiger partial charge in [0.2, 0.25) is 0 Å². The summed E-state index contributed by atoms with van der Waals surface area (Å²) in [6.45, 7) is 0. The largest absolute Gasteiger partial charge is 0.435 e. The van der Waals surface area contributed by atoms with Crippen molar-refractivity contribution in [3.63, 3.8) is 0 Å². The molecule has 0 aliphatic heterocycles. The molecule has 0 saturated carbocycles. The number of hydrogen-bond acceptors (Lipinski definition) is 1. The van der Waals surface area contributed by atoms with Gasteiger partial charge in [-0.05, 0) is 29.8 Å². The lowest BCUT2D eigenvalue weighted by molar-refractivity contribution is -0.141. The SMILES string of the molecule is FC(F)(F)c1ccn(-c2ccc(Br)cc2CBr)n1. The summed E-state index contributed by atoms with van der Waals surface area (Å²) in [6, 6.07) is 6.27. The molecule has 0 aliphatic rings. The summed E-state index contributed by atoms with van der Waals surface area (Å²) in [6.07, 6.45) is -3.12. The smallest absolute Gasteiger partial charge is 0.240 e. The fourth-order valence-electron chi connectivity index (χ4n) is 1.49. The van der Waals surface area contributed by atoms with Gasteiger partial charge in [-0.1, -0.05) is 31.9 Å². The van der Waals surface area contributed by atoms with E-state index < -0.39 is 11.9 Å². The van der Waals surface area contributed by atoms with Crippen LogP contribution < -0.4 is 0 Å². The molecule has 0 saturated heterocycles. The quantitative estimate of drug-likeness (QED) is 0.695. The second-order valence-electron chi connectivity index (χ2n) is 3.55. The maximum Gasteiger partial charge on any atom is 0.435 e. The maximum atomic E-state index is 12.5. The predicted molar refractivity (Wildman–Crippen MR) is 68.9 cm³/mol. The topological polar surface area (TPSA) is 17.8 Å². The highest BCUT2D eigenvalue weighted by Crippen LogP contribution is 2.29. The van der Waals surface area contributed by atoms with Crippen LogP contribution in [0.1, 0.15) is 11.3 Å². The van der Waals surface area contributed by atoms with Crippen molar-refractivity contribution in [3.8, 4) is 5.69 Å². The van der Waals surface area contributed by atoms with Gasteiger partial charge in [0.25, 0.3) is 0 Å². The van der Waals surface area contributed by atoms with Gasteiger partial charge in [0, 0.05) is 16.0 Å². The van der Waals surface area contributed by atoms with E-state index in [-0.39, 0.29) is 0 Å². The van der Waals surface area contributed by atoms with Crippen molar-refractivity contribution < 1.29 is 13.2 Å². The van der Waals surface area contributed by atoms with Crippen LogP contribution in [0.3, 0.4) is 0 Å². The Morgan fingerprint density at radius 1 is 1.22 bits per heavy atom. The standard InChI is InChI=1S/C11H7Br2F3N2/c12-6-7-5-8(13)1-2-9(7)18-4-3-10(17-18)11(14,15)16/h1-5H,6H2. The second kappa shape index (κ2) is 5.05. The molecule has 2 aromatic rings. The third-order valence-electron chi connectivity index (χ3n) is 2.31. The van der Waals surface area contributed by atoms with Gasteiger partial charge in [0.15, 0.2) is 5.69 Å². The molecule has 0 bridgehead atoms. The zero-order chi connectivity index (χ0) is 13.3. The molecule has 0 aliphatic carbocycles. The van der Waals surface area contributed by atoms with E-state index in [1.807, 2.05) is 6.07 Å². The number of halogens is 5. The molecule has 2 nitrogen and oxygen atoms in total. The Balaban J connectivity index is 2.46. The fourth-order valence-corrected chi connectivity index (χ4v) is 2.35. The van der Waals surface area contributed by atoms with Gasteiger partial charge >= 0.3 is 6.18 Å². The van der Waals surface area contributed by atoms with Crippen LogP contribution in [0.2, 0.25) is 0 Å². The molecule has 0 atom stereocenters. The van der Waals surface area contributed by atoms with Gasteiger partial charge in [-0.3, -0.25) is 0 Å². The third-order valence-corrected chi connectivity index (χ3v) is 3.41. The van der Waals surface area contributed by atoms with Gasteiger partial charge in [-0.2, -0.15) is 18.3 Å². The Labute approximate surface area is 118 Å². The lowest BCUT2D eigenvalue weighted by Gasteiger charge is -2.08. The third kappa shape index (κ3) is 2.77. The molecule has 2 rings (SSSR count). The summed E-state index contributed by atoms with van der Waals surface area (Å²) in [4.78, 5) is 0. The van der Waals surface area contributed by atoms with Crippen molar-refractivity contribution in [3.05, 3.63) is 46.2 Å². The number of benzene rings is 1. The van der Waals surface area contributed by atoms with Crippen LogP contribution in [0.25, 0.3) is 5.69 Å². The molecule has 0 unspecified atom stereocenters. The van der Waals surface area contributed by atoms with Crippen molar-refractivity contribution in [1.82, 2.24) is 9.78 Å². The highest BCUT2D eigenvalue weighted by Gasteiger charge is 2.33. The summed E-state index contributed by atoms with van der Waals surface area (Å²) in [7, 11) is 0. The van der Waals surface area contributed by atoms with Crippen LogP contribution in [0.5, 0.6) is 0 Å². The molecule has 7 heteroatoms. The Kier molecular flexibility index (Phi) is 3.82. The van der Waals surface area contributed by atoms with E-state index in [2.05, 4.69) is 37.0 Å². The summed E-state index contributed by atoms with van der Waals surface area (Å²) >= 11 is 6.62. The minimum atomic E-state index is -4.42. The minimum absolute atomic E-state index is 0.531. The van der Waals surface area contributed by atoms with Crippen molar-refractivity contribution in [1.29, 1.82) is 0 Å². The average molecular weight is 384 g/mol. The van der Waals surface area contributed by atoms with Crippen LogP contribution >= 0.6 is 31.9 Å². The number of alkyl halides is 4. The van der Waals surface area contributed by atoms with Crippen LogP contribution in [0, 0.1) is 0 Å². The molecule has 0 amide bonds. The molecule has 1 aromatic carbocycles. The molecule has 0 fully saturated rings. The summed E-state index contributed by atoms with van der Waals surface area (Å²) in [5.41, 5.74) is 0.567. The Bertz CT molecular complexity index is 564. The summed E-state index contributed by atoms with van der Waals surface area (Å²) in [5.74, 6) is 0. The summed E-state index contributed by atoms with van der Waals surface area (Å²) < 4.78 is 39.5. The number of rotatable bonds is 2. The predicted octanol–water partition coefficient (Wildman–Crippen LogP) is 4.55. The van der Waals surface area contributed by atoms with E-state index in [1.54, 1.807) is 12.1 Å². The molecule has 18 heavy (non-hydrogen) atoms. The van der Waals surface area contributed by atoms with Crippen molar-refractivity contribution in [2.75, 3.05) is 0 Å². The second-order valence-corrected chi connectivity index (χ2v) is 5.03. The number of nitrogens with zero attached hydrogens (tertiary/aromatic N) is 2. The monoisotopic (exact) mass is 382 g/mol. The van der Waals surface area contributed by atoms with E-state index in [1.165, 1.54) is 10.9 Å². The molecule has 0 N–H and O–H groups in total. The highest BCUT2D eigenvalue weighted by atomic mass is 79.9. The molecule has 0 radical (unpaired) electrons. The summed E-state index contributed by atoms with van der Waals surface area (Å²) in [5, 5.41) is 4.08. The lowest BCUT2D eigenvalue weighted by atomic mass is 10.2. The first-order chi connectivity index (χ1) is 8.41. The Morgan fingerprint density at radius 3 is 2.50 bits per heavy atom. The van der Waals surface area contributed by atoms with Gasteiger partial charge in [0.1, 0.15) is 0 Å². The molecule has 0 spiro atoms. The first kappa shape index (κ1) is 13.6. The zero-order valence-electron chi connectivity index (χ0n) is 8.88. The van der Waals surface area contributed by atoms with E-state index in [9.17, 15) is 13.2 Å². The van der Waals surface area contributed by atoms with E-state index in [0.29, 0.717) is 11.0 Å². The van der Waals surface area contributed by atoms with Crippen LogP contribution in [0.15, 0.2) is 34.9 Å². The first-order valence-electron chi connectivity index (χ1n) is 4.89. The number of hydrogen-bond donors (Lipinski definition) is 0. The van der Waals surface area contributed by atoms with Crippen LogP contribution in [-0.4, -0.2) is 9.78 Å². The lowest BCUT2D eigenvalue weighted by Crippen LogP contribution is -2.07. The molecule has 1 heterocycles. The normalized spacial score (nSPS) is 11.8. The van der Waals surface area contributed by atoms with Gasteiger partial charge in [-0.25, -0.2) is 4.68 Å². The van der Waals surface area contributed by atoms with Crippen LogP contribution in [0.4, 0.5) is 13.2 Å². The maximum absolute atomic E-state index is 12.5. The van der Waals surface area contributed by atoms with Gasteiger partial charge < -0.3 is 0 Å². The van der Waals surface area contributed by atoms with Crippen molar-refractivity contribution in [2.24, 2.45) is 0 Å². The molecular formula is C11H7Br2F3N2. The zero-order valence-corrected chi connectivity index (χ0v) is 12.1. The number of aromatic nitrogens is 2. The average Bonchev–Trinajstić information content (AvgIpc) is 2.77. The Morgan fingerprint density at radius 2 is 1.94 bits per heavy atom. The van der Waals surface area contributed by atoms with Gasteiger partial charge in [-0.15, -0.1) is 0 Å². The van der Waals surface area contributed by atoms with Crippen LogP contribution in [-0.2, 0) is 11.5 Å². The molecule has 96 valence electrons. The molecule has 1 aromatic heterocycles. The fraction of sp³-hybridized carbons (Fsp3) is 0.182. The molecular weight excluding hydrogens is 377 g/mol. The van der Waals surface area contributed by atoms with E-state index in [4.69, 9.17) is 0 Å². The van der Waals surface area contributed by atoms with Gasteiger partial charge in [0.05, 0.1) is 5.69 Å². The highest BCUT2D eigenvalue weighted by molar-refractivity contribution is 9.10. The Hall–Kier alpha value is -0.820. The first-order valence-corrected chi connectivity index (χ1v) is 6.81. The van der Waals surface area contributed by atoms with E-state index in [0.717, 1.165) is 16.1 Å². The van der Waals surface area contributed by atoms with E-state index >= 15 is 0 Å². The minimum Gasteiger partial charge on any atom is -0.240 e. The van der Waals surface area contributed by atoms with Crippen molar-refractivity contribution in [2.45, 2.75) is 11.5 Å². The van der Waals surface area contributed by atoms with Crippen molar-refractivity contribution >= 4 is 31.9 Å².